The van der Waals surface area contributed by atoms with Crippen molar-refractivity contribution in [1.29, 1.82) is 0 Å². The normalized spacial score (nSPS) is 11.2. The molecular weight excluding hydrogens is 300 g/mol. The average molecular weight is 315 g/mol. The highest BCUT2D eigenvalue weighted by molar-refractivity contribution is 6.05. The highest BCUT2D eigenvalue weighted by atomic mass is 19.2. The molecule has 0 saturated carbocycles. The summed E-state index contributed by atoms with van der Waals surface area (Å²) in [7, 11) is 0. The second-order valence-corrected chi connectivity index (χ2v) is 5.56. The molecule has 1 amide bonds. The molecule has 1 aromatic heterocycles. The van der Waals surface area contributed by atoms with Crippen molar-refractivity contribution in [2.24, 2.45) is 0 Å². The molecule has 1 heterocycles. The Morgan fingerprint density at radius 2 is 2.00 bits per heavy atom. The van der Waals surface area contributed by atoms with Crippen molar-refractivity contribution in [2.45, 2.75) is 19.9 Å². The number of benzene rings is 2. The highest BCUT2D eigenvalue weighted by Gasteiger charge is 2.17. The SMILES string of the molecule is CC(C)NC(=O)c1n[nH]c2ccc(-c3cccc(F)c3F)cc12. The maximum atomic E-state index is 14.0. The third-order valence-electron chi connectivity index (χ3n) is 3.46. The lowest BCUT2D eigenvalue weighted by Crippen LogP contribution is -2.30. The first-order chi connectivity index (χ1) is 11.0. The summed E-state index contributed by atoms with van der Waals surface area (Å²) in [6.07, 6.45) is 0. The summed E-state index contributed by atoms with van der Waals surface area (Å²) in [5, 5.41) is 10.1. The van der Waals surface area contributed by atoms with E-state index in [0.29, 0.717) is 16.5 Å². The van der Waals surface area contributed by atoms with Gasteiger partial charge in [-0.05, 0) is 37.6 Å². The van der Waals surface area contributed by atoms with Gasteiger partial charge in [0.05, 0.1) is 5.52 Å². The first kappa shape index (κ1) is 15.1. The molecule has 0 bridgehead atoms. The van der Waals surface area contributed by atoms with E-state index in [9.17, 15) is 13.6 Å². The Morgan fingerprint density at radius 1 is 1.22 bits per heavy atom. The van der Waals surface area contributed by atoms with E-state index in [-0.39, 0.29) is 23.2 Å². The van der Waals surface area contributed by atoms with Gasteiger partial charge in [-0.3, -0.25) is 9.89 Å². The summed E-state index contributed by atoms with van der Waals surface area (Å²) < 4.78 is 27.4. The lowest BCUT2D eigenvalue weighted by atomic mass is 10.0. The van der Waals surface area contributed by atoms with Crippen LogP contribution in [0.2, 0.25) is 0 Å². The van der Waals surface area contributed by atoms with Gasteiger partial charge in [-0.1, -0.05) is 18.2 Å². The summed E-state index contributed by atoms with van der Waals surface area (Å²) in [4.78, 5) is 12.2. The molecule has 0 spiro atoms. The van der Waals surface area contributed by atoms with Crippen LogP contribution < -0.4 is 5.32 Å². The van der Waals surface area contributed by atoms with E-state index in [0.717, 1.165) is 6.07 Å². The van der Waals surface area contributed by atoms with Crippen molar-refractivity contribution in [3.63, 3.8) is 0 Å². The Kier molecular flexibility index (Phi) is 3.82. The van der Waals surface area contributed by atoms with Crippen LogP contribution in [0.1, 0.15) is 24.3 Å². The standard InChI is InChI=1S/C17H15F2N3O/c1-9(2)20-17(23)16-12-8-10(6-7-14(12)21-22-16)11-4-3-5-13(18)15(11)19/h3-9H,1-2H3,(H,20,23)(H,21,22). The summed E-state index contributed by atoms with van der Waals surface area (Å²) in [5.74, 6) is -2.14. The zero-order chi connectivity index (χ0) is 16.6. The first-order valence-corrected chi connectivity index (χ1v) is 7.20. The second kappa shape index (κ2) is 5.79. The Balaban J connectivity index is 2.11. The molecule has 0 aliphatic heterocycles. The van der Waals surface area contributed by atoms with Crippen LogP contribution in [-0.2, 0) is 0 Å². The molecule has 2 aromatic carbocycles. The van der Waals surface area contributed by atoms with E-state index in [4.69, 9.17) is 0 Å². The number of amides is 1. The van der Waals surface area contributed by atoms with Gasteiger partial charge in [-0.15, -0.1) is 0 Å². The Hall–Kier alpha value is -2.76. The van der Waals surface area contributed by atoms with E-state index in [1.54, 1.807) is 18.2 Å². The predicted molar refractivity (Wildman–Crippen MR) is 84.0 cm³/mol. The highest BCUT2D eigenvalue weighted by Crippen LogP contribution is 2.28. The minimum atomic E-state index is -0.913. The summed E-state index contributed by atoms with van der Waals surface area (Å²) in [5.41, 5.74) is 1.50. The lowest BCUT2D eigenvalue weighted by molar-refractivity contribution is 0.0939. The number of fused-ring (bicyclic) bond motifs is 1. The zero-order valence-electron chi connectivity index (χ0n) is 12.7. The summed E-state index contributed by atoms with van der Waals surface area (Å²) >= 11 is 0. The van der Waals surface area contributed by atoms with Crippen molar-refractivity contribution in [3.05, 3.63) is 53.7 Å². The van der Waals surface area contributed by atoms with Crippen molar-refractivity contribution < 1.29 is 13.6 Å². The van der Waals surface area contributed by atoms with Gasteiger partial charge >= 0.3 is 0 Å². The summed E-state index contributed by atoms with van der Waals surface area (Å²) in [6.45, 7) is 3.70. The molecule has 118 valence electrons. The molecule has 0 radical (unpaired) electrons. The number of aromatic nitrogens is 2. The quantitative estimate of drug-likeness (QED) is 0.775. The Labute approximate surface area is 131 Å². The number of nitrogens with one attached hydrogen (secondary N) is 2. The van der Waals surface area contributed by atoms with Crippen LogP contribution in [-0.4, -0.2) is 22.1 Å². The van der Waals surface area contributed by atoms with E-state index in [2.05, 4.69) is 15.5 Å². The average Bonchev–Trinajstić information content (AvgIpc) is 2.92. The molecule has 0 fully saturated rings. The lowest BCUT2D eigenvalue weighted by Gasteiger charge is -2.07. The van der Waals surface area contributed by atoms with Gasteiger partial charge in [0.1, 0.15) is 0 Å². The number of hydrogen-bond donors (Lipinski definition) is 2. The fourth-order valence-corrected chi connectivity index (χ4v) is 2.41. The smallest absolute Gasteiger partial charge is 0.272 e. The number of carbonyl (C=O) groups excluding carboxylic acids is 1. The number of rotatable bonds is 3. The van der Waals surface area contributed by atoms with Crippen LogP contribution in [0.5, 0.6) is 0 Å². The molecule has 0 atom stereocenters. The number of H-pyrrole nitrogens is 1. The van der Waals surface area contributed by atoms with Crippen molar-refractivity contribution >= 4 is 16.8 Å². The van der Waals surface area contributed by atoms with Crippen molar-refractivity contribution in [2.75, 3.05) is 0 Å². The maximum absolute atomic E-state index is 14.0. The van der Waals surface area contributed by atoms with Crippen LogP contribution in [0.3, 0.4) is 0 Å². The fourth-order valence-electron chi connectivity index (χ4n) is 2.41. The topological polar surface area (TPSA) is 57.8 Å². The van der Waals surface area contributed by atoms with Crippen LogP contribution >= 0.6 is 0 Å². The predicted octanol–water partition coefficient (Wildman–Crippen LogP) is 3.65. The summed E-state index contributed by atoms with van der Waals surface area (Å²) in [6, 6.07) is 8.95. The molecule has 0 aliphatic rings. The third kappa shape index (κ3) is 2.79. The van der Waals surface area contributed by atoms with E-state index < -0.39 is 11.6 Å². The third-order valence-corrected chi connectivity index (χ3v) is 3.46. The van der Waals surface area contributed by atoms with Crippen LogP contribution in [0, 0.1) is 11.6 Å². The first-order valence-electron chi connectivity index (χ1n) is 7.20. The molecule has 6 heteroatoms. The van der Waals surface area contributed by atoms with Gasteiger partial charge in [0.25, 0.3) is 5.91 Å². The number of nitrogens with zero attached hydrogens (tertiary/aromatic N) is 1. The van der Waals surface area contributed by atoms with Gasteiger partial charge in [0.15, 0.2) is 17.3 Å². The van der Waals surface area contributed by atoms with Gasteiger partial charge in [0, 0.05) is 17.0 Å². The molecule has 23 heavy (non-hydrogen) atoms. The van der Waals surface area contributed by atoms with Crippen molar-refractivity contribution in [3.8, 4) is 11.1 Å². The van der Waals surface area contributed by atoms with Crippen LogP contribution in [0.4, 0.5) is 8.78 Å². The second-order valence-electron chi connectivity index (χ2n) is 5.56. The monoisotopic (exact) mass is 315 g/mol. The molecule has 0 aliphatic carbocycles. The van der Waals surface area contributed by atoms with E-state index >= 15 is 0 Å². The van der Waals surface area contributed by atoms with Gasteiger partial charge in [-0.2, -0.15) is 5.10 Å². The van der Waals surface area contributed by atoms with Crippen LogP contribution in [0.25, 0.3) is 22.0 Å². The zero-order valence-corrected chi connectivity index (χ0v) is 12.7. The number of carbonyl (C=O) groups is 1. The molecule has 3 rings (SSSR count). The van der Waals surface area contributed by atoms with E-state index in [1.807, 2.05) is 13.8 Å². The van der Waals surface area contributed by atoms with Gasteiger partial charge < -0.3 is 5.32 Å². The molecule has 2 N–H and O–H groups in total. The molecule has 0 unspecified atom stereocenters. The number of halogens is 2. The van der Waals surface area contributed by atoms with Crippen LogP contribution in [0.15, 0.2) is 36.4 Å². The fraction of sp³-hybridized carbons (Fsp3) is 0.176. The molecular formula is C17H15F2N3O. The van der Waals surface area contributed by atoms with Crippen molar-refractivity contribution in [1.82, 2.24) is 15.5 Å². The minimum Gasteiger partial charge on any atom is -0.348 e. The largest absolute Gasteiger partial charge is 0.348 e. The van der Waals surface area contributed by atoms with Gasteiger partial charge in [0.2, 0.25) is 0 Å². The maximum Gasteiger partial charge on any atom is 0.272 e. The molecule has 4 nitrogen and oxygen atoms in total. The number of aromatic amines is 1. The number of hydrogen-bond acceptors (Lipinski definition) is 2. The van der Waals surface area contributed by atoms with E-state index in [1.165, 1.54) is 12.1 Å². The Bertz CT molecular complexity index is 887. The molecule has 3 aromatic rings. The molecule has 0 saturated heterocycles. The van der Waals surface area contributed by atoms with Gasteiger partial charge in [-0.25, -0.2) is 8.78 Å². The minimum absolute atomic E-state index is 0.0295. The Morgan fingerprint density at radius 3 is 2.74 bits per heavy atom.